The first-order chi connectivity index (χ1) is 15.5. The summed E-state index contributed by atoms with van der Waals surface area (Å²) in [5.41, 5.74) is 4.49. The number of carbonyl (C=O) groups is 3. The van der Waals surface area contributed by atoms with Crippen molar-refractivity contribution in [3.63, 3.8) is 0 Å². The van der Waals surface area contributed by atoms with Crippen molar-refractivity contribution in [2.45, 2.75) is 18.9 Å². The van der Waals surface area contributed by atoms with E-state index in [9.17, 15) is 14.4 Å². The highest BCUT2D eigenvalue weighted by molar-refractivity contribution is 6.31. The third-order valence-electron chi connectivity index (χ3n) is 5.65. The molecule has 2 heterocycles. The average Bonchev–Trinajstić information content (AvgIpc) is 2.82. The fourth-order valence-corrected chi connectivity index (χ4v) is 4.17. The molecule has 2 aromatic rings. The summed E-state index contributed by atoms with van der Waals surface area (Å²) < 4.78 is 5.47. The van der Waals surface area contributed by atoms with Crippen LogP contribution in [0.25, 0.3) is 0 Å². The first kappa shape index (κ1) is 22.3. The van der Waals surface area contributed by atoms with E-state index in [2.05, 4.69) is 15.6 Å². The first-order valence-electron chi connectivity index (χ1n) is 10.6. The lowest BCUT2D eigenvalue weighted by Crippen LogP contribution is -2.50. The van der Waals surface area contributed by atoms with Gasteiger partial charge in [0.15, 0.2) is 0 Å². The second-order valence-electron chi connectivity index (χ2n) is 7.71. The van der Waals surface area contributed by atoms with Gasteiger partial charge in [-0.2, -0.15) is 0 Å². The largest absolute Gasteiger partial charge is 0.379 e. The minimum absolute atomic E-state index is 0.0722. The number of morpholine rings is 1. The second kappa shape index (κ2) is 10.1. The molecule has 2 fully saturated rings. The summed E-state index contributed by atoms with van der Waals surface area (Å²) in [5.74, 6) is -0.620. The van der Waals surface area contributed by atoms with Crippen LogP contribution in [0.15, 0.2) is 48.5 Å². The molecule has 0 aromatic heterocycles. The normalized spacial score (nSPS) is 18.2. The zero-order valence-corrected chi connectivity index (χ0v) is 18.3. The number of amides is 3. The van der Waals surface area contributed by atoms with Crippen molar-refractivity contribution >= 4 is 35.0 Å². The molecule has 3 amide bonds. The number of nitrogens with one attached hydrogen (secondary N) is 2. The standard InChI is InChI=1S/C23H25ClN4O4/c24-19-4-2-1-3-18(19)20(27-11-13-32-14-12-27)15-25-23(31)16-5-7-17(8-6-16)28-22(30)10-9-21(29)26-28/h1-8,20H,9-15H2,(H,25,31)(H,26,29). The molecule has 2 aliphatic heterocycles. The fraction of sp³-hybridized carbons (Fsp3) is 0.348. The van der Waals surface area contributed by atoms with Gasteiger partial charge in [0.05, 0.1) is 24.9 Å². The van der Waals surface area contributed by atoms with E-state index in [1.165, 1.54) is 5.01 Å². The van der Waals surface area contributed by atoms with Gasteiger partial charge in [-0.05, 0) is 35.9 Å². The third kappa shape index (κ3) is 5.09. The van der Waals surface area contributed by atoms with Crippen LogP contribution in [0.3, 0.4) is 0 Å². The number of hydrazine groups is 1. The van der Waals surface area contributed by atoms with Gasteiger partial charge in [0.1, 0.15) is 0 Å². The molecule has 0 aliphatic carbocycles. The Balaban J connectivity index is 1.44. The molecule has 2 saturated heterocycles. The van der Waals surface area contributed by atoms with E-state index in [0.717, 1.165) is 18.7 Å². The van der Waals surface area contributed by atoms with Gasteiger partial charge < -0.3 is 10.1 Å². The Morgan fingerprint density at radius 1 is 1.06 bits per heavy atom. The smallest absolute Gasteiger partial charge is 0.251 e. The molecule has 9 heteroatoms. The van der Waals surface area contributed by atoms with Crippen LogP contribution in [-0.4, -0.2) is 55.5 Å². The third-order valence-corrected chi connectivity index (χ3v) is 5.99. The average molecular weight is 457 g/mol. The van der Waals surface area contributed by atoms with E-state index < -0.39 is 0 Å². The number of nitrogens with zero attached hydrogens (tertiary/aromatic N) is 2. The van der Waals surface area contributed by atoms with Crippen molar-refractivity contribution in [3.05, 3.63) is 64.7 Å². The Hall–Kier alpha value is -2.94. The summed E-state index contributed by atoms with van der Waals surface area (Å²) in [6.45, 7) is 3.20. The van der Waals surface area contributed by atoms with Crippen LogP contribution >= 0.6 is 11.6 Å². The first-order valence-corrected chi connectivity index (χ1v) is 11.0. The van der Waals surface area contributed by atoms with Crippen LogP contribution in [0.2, 0.25) is 5.02 Å². The van der Waals surface area contributed by atoms with Gasteiger partial charge in [-0.25, -0.2) is 5.01 Å². The van der Waals surface area contributed by atoms with Crippen LogP contribution < -0.4 is 15.8 Å². The minimum Gasteiger partial charge on any atom is -0.379 e. The van der Waals surface area contributed by atoms with Gasteiger partial charge in [0.2, 0.25) is 11.8 Å². The van der Waals surface area contributed by atoms with E-state index in [1.807, 2.05) is 24.3 Å². The molecular formula is C23H25ClN4O4. The predicted molar refractivity (Wildman–Crippen MR) is 120 cm³/mol. The zero-order chi connectivity index (χ0) is 22.5. The van der Waals surface area contributed by atoms with Crippen LogP contribution in [-0.2, 0) is 14.3 Å². The molecule has 1 atom stereocenters. The Bertz CT molecular complexity index is 992. The maximum atomic E-state index is 12.8. The van der Waals surface area contributed by atoms with Crippen molar-refractivity contribution in [1.29, 1.82) is 0 Å². The second-order valence-corrected chi connectivity index (χ2v) is 8.11. The monoisotopic (exact) mass is 456 g/mol. The van der Waals surface area contributed by atoms with E-state index in [-0.39, 0.29) is 36.6 Å². The number of hydrogen-bond donors (Lipinski definition) is 2. The molecule has 2 aliphatic rings. The molecule has 0 radical (unpaired) electrons. The highest BCUT2D eigenvalue weighted by Gasteiger charge is 2.26. The van der Waals surface area contributed by atoms with Gasteiger partial charge in [0.25, 0.3) is 5.91 Å². The van der Waals surface area contributed by atoms with Crippen LogP contribution in [0.4, 0.5) is 5.69 Å². The van der Waals surface area contributed by atoms with E-state index in [1.54, 1.807) is 24.3 Å². The number of benzene rings is 2. The highest BCUT2D eigenvalue weighted by atomic mass is 35.5. The molecule has 0 spiro atoms. The van der Waals surface area contributed by atoms with Gasteiger partial charge in [-0.15, -0.1) is 0 Å². The molecule has 0 saturated carbocycles. The lowest BCUT2D eigenvalue weighted by Gasteiger charge is -2.35. The van der Waals surface area contributed by atoms with Gasteiger partial charge in [-0.1, -0.05) is 29.8 Å². The highest BCUT2D eigenvalue weighted by Crippen LogP contribution is 2.28. The van der Waals surface area contributed by atoms with Crippen molar-refractivity contribution in [3.8, 4) is 0 Å². The molecule has 168 valence electrons. The van der Waals surface area contributed by atoms with Crippen LogP contribution in [0.1, 0.15) is 34.8 Å². The quantitative estimate of drug-likeness (QED) is 0.696. The topological polar surface area (TPSA) is 91.0 Å². The summed E-state index contributed by atoms with van der Waals surface area (Å²) in [6.07, 6.45) is 0.352. The molecule has 8 nitrogen and oxygen atoms in total. The summed E-state index contributed by atoms with van der Waals surface area (Å²) in [6, 6.07) is 14.2. The summed E-state index contributed by atoms with van der Waals surface area (Å²) in [4.78, 5) is 38.7. The Kier molecular flexibility index (Phi) is 7.04. The molecule has 4 rings (SSSR count). The predicted octanol–water partition coefficient (Wildman–Crippen LogP) is 2.30. The van der Waals surface area contributed by atoms with Crippen LogP contribution in [0, 0.1) is 0 Å². The molecular weight excluding hydrogens is 432 g/mol. The number of hydrogen-bond acceptors (Lipinski definition) is 5. The zero-order valence-electron chi connectivity index (χ0n) is 17.6. The molecule has 2 N–H and O–H groups in total. The minimum atomic E-state index is -0.226. The summed E-state index contributed by atoms with van der Waals surface area (Å²) in [7, 11) is 0. The Morgan fingerprint density at radius 3 is 2.50 bits per heavy atom. The number of rotatable bonds is 6. The van der Waals surface area contributed by atoms with E-state index in [0.29, 0.717) is 36.0 Å². The summed E-state index contributed by atoms with van der Waals surface area (Å²) in [5, 5.41) is 4.89. The maximum Gasteiger partial charge on any atom is 0.251 e. The van der Waals surface area contributed by atoms with Gasteiger partial charge in [0, 0.05) is 43.1 Å². The molecule has 1 unspecified atom stereocenters. The lowest BCUT2D eigenvalue weighted by atomic mass is 10.0. The van der Waals surface area contributed by atoms with Crippen LogP contribution in [0.5, 0.6) is 0 Å². The van der Waals surface area contributed by atoms with Crippen molar-refractivity contribution in [2.24, 2.45) is 0 Å². The molecule has 2 aromatic carbocycles. The number of carbonyl (C=O) groups excluding carboxylic acids is 3. The number of anilines is 1. The van der Waals surface area contributed by atoms with Crippen molar-refractivity contribution in [1.82, 2.24) is 15.6 Å². The van der Waals surface area contributed by atoms with Gasteiger partial charge >= 0.3 is 0 Å². The van der Waals surface area contributed by atoms with Crippen molar-refractivity contribution < 1.29 is 19.1 Å². The molecule has 0 bridgehead atoms. The lowest BCUT2D eigenvalue weighted by molar-refractivity contribution is -0.130. The van der Waals surface area contributed by atoms with Crippen molar-refractivity contribution in [2.75, 3.05) is 37.9 Å². The SMILES string of the molecule is O=C1CCC(=O)N(c2ccc(C(=O)NCC(c3ccccc3Cl)N3CCOCC3)cc2)N1. The Labute approximate surface area is 191 Å². The molecule has 32 heavy (non-hydrogen) atoms. The number of halogens is 1. The fourth-order valence-electron chi connectivity index (χ4n) is 3.91. The van der Waals surface area contributed by atoms with E-state index >= 15 is 0 Å². The Morgan fingerprint density at radius 2 is 1.78 bits per heavy atom. The number of ether oxygens (including phenoxy) is 1. The van der Waals surface area contributed by atoms with E-state index in [4.69, 9.17) is 16.3 Å². The van der Waals surface area contributed by atoms with Gasteiger partial charge in [-0.3, -0.25) is 24.7 Å². The maximum absolute atomic E-state index is 12.8. The summed E-state index contributed by atoms with van der Waals surface area (Å²) >= 11 is 6.45.